The first-order valence-corrected chi connectivity index (χ1v) is 7.50. The van der Waals surface area contributed by atoms with Crippen molar-refractivity contribution in [3.05, 3.63) is 41.7 Å². The van der Waals surface area contributed by atoms with Crippen LogP contribution in [0.2, 0.25) is 0 Å². The van der Waals surface area contributed by atoms with E-state index < -0.39 is 5.97 Å². The molecule has 0 radical (unpaired) electrons. The molecule has 8 heteroatoms. The van der Waals surface area contributed by atoms with E-state index in [1.807, 2.05) is 0 Å². The molecule has 3 N–H and O–H groups in total. The van der Waals surface area contributed by atoms with Gasteiger partial charge in [-0.2, -0.15) is 5.11 Å². The number of anilines is 1. The highest BCUT2D eigenvalue weighted by Crippen LogP contribution is 2.17. The normalized spacial score (nSPS) is 17.6. The van der Waals surface area contributed by atoms with E-state index in [0.717, 1.165) is 6.42 Å². The number of benzene rings is 1. The lowest BCUT2D eigenvalue weighted by atomic mass is 10.2. The molecule has 1 amide bonds. The van der Waals surface area contributed by atoms with Crippen LogP contribution >= 0.6 is 0 Å². The Hall–Kier alpha value is -2.74. The second-order valence-electron chi connectivity index (χ2n) is 5.44. The van der Waals surface area contributed by atoms with Crippen molar-refractivity contribution in [3.63, 3.8) is 0 Å². The molecular weight excluding hydrogens is 312 g/mol. The minimum Gasteiger partial charge on any atom is -0.481 e. The van der Waals surface area contributed by atoms with E-state index in [9.17, 15) is 9.59 Å². The van der Waals surface area contributed by atoms with Gasteiger partial charge in [0.2, 0.25) is 0 Å². The van der Waals surface area contributed by atoms with Crippen molar-refractivity contribution in [2.24, 2.45) is 5.11 Å². The smallest absolute Gasteiger partial charge is 0.309 e. The number of carbonyl (C=O) groups is 2. The van der Waals surface area contributed by atoms with Crippen LogP contribution in [-0.4, -0.2) is 48.2 Å². The van der Waals surface area contributed by atoms with Gasteiger partial charge in [0.1, 0.15) is 0 Å². The molecule has 0 bridgehead atoms. The summed E-state index contributed by atoms with van der Waals surface area (Å²) in [5.41, 5.74) is 8.29. The van der Waals surface area contributed by atoms with Crippen molar-refractivity contribution in [1.82, 2.24) is 4.90 Å². The van der Waals surface area contributed by atoms with E-state index in [1.54, 1.807) is 36.3 Å². The minimum atomic E-state index is -1.06. The van der Waals surface area contributed by atoms with Crippen LogP contribution in [0.25, 0.3) is 0 Å². The molecule has 128 valence electrons. The highest BCUT2D eigenvalue weighted by atomic mass is 16.5. The Morgan fingerprint density at radius 2 is 2.17 bits per heavy atom. The van der Waals surface area contributed by atoms with Crippen molar-refractivity contribution >= 4 is 17.6 Å². The maximum absolute atomic E-state index is 12.4. The van der Waals surface area contributed by atoms with E-state index in [0.29, 0.717) is 24.3 Å². The molecule has 1 aromatic carbocycles. The maximum atomic E-state index is 12.4. The Morgan fingerprint density at radius 3 is 2.71 bits per heavy atom. The average Bonchev–Trinajstić information content (AvgIpc) is 3.07. The second-order valence-corrected chi connectivity index (χ2v) is 5.44. The van der Waals surface area contributed by atoms with E-state index in [2.05, 4.69) is 10.4 Å². The fourth-order valence-electron chi connectivity index (χ4n) is 2.44. The molecule has 1 aromatic rings. The zero-order valence-electron chi connectivity index (χ0n) is 13.4. The van der Waals surface area contributed by atoms with Gasteiger partial charge in [0.15, 0.2) is 0 Å². The lowest BCUT2D eigenvalue weighted by Crippen LogP contribution is -2.29. The first-order chi connectivity index (χ1) is 11.5. The van der Waals surface area contributed by atoms with Gasteiger partial charge in [-0.1, -0.05) is 0 Å². The quantitative estimate of drug-likeness (QED) is 0.663. The Balaban J connectivity index is 1.97. The van der Waals surface area contributed by atoms with Gasteiger partial charge >= 0.3 is 5.97 Å². The van der Waals surface area contributed by atoms with Gasteiger partial charge in [0, 0.05) is 37.7 Å². The van der Waals surface area contributed by atoms with Gasteiger partial charge in [-0.3, -0.25) is 9.59 Å². The highest BCUT2D eigenvalue weighted by Gasteiger charge is 2.26. The molecule has 1 saturated heterocycles. The summed E-state index contributed by atoms with van der Waals surface area (Å²) in [6.45, 7) is 1.28. The molecule has 2 rings (SSSR count). The number of carboxylic acid groups (broad SMARTS) is 1. The third-order valence-electron chi connectivity index (χ3n) is 3.78. The van der Waals surface area contributed by atoms with Crippen LogP contribution in [0.4, 0.5) is 5.69 Å². The lowest BCUT2D eigenvalue weighted by molar-refractivity contribution is -0.136. The fourth-order valence-corrected chi connectivity index (χ4v) is 2.44. The van der Waals surface area contributed by atoms with Crippen molar-refractivity contribution in [2.45, 2.75) is 18.9 Å². The minimum absolute atomic E-state index is 0.0376. The topological polar surface area (TPSA) is 115 Å². The number of likely N-dealkylation sites (tertiary alicyclic amines) is 1. The Morgan fingerprint density at radius 1 is 1.46 bits per heavy atom. The molecule has 8 nitrogen and oxygen atoms in total. The number of ether oxygens (including phenoxy) is 1. The largest absolute Gasteiger partial charge is 0.481 e. The van der Waals surface area contributed by atoms with Crippen LogP contribution < -0.4 is 5.32 Å². The number of aliphatic carboxylic acids is 1. The third kappa shape index (κ3) is 4.63. The molecule has 0 unspecified atom stereocenters. The number of hydrogen-bond donors (Lipinski definition) is 3. The molecular formula is C16H20N4O4. The summed E-state index contributed by atoms with van der Waals surface area (Å²) in [7, 11) is 1.65. The zero-order valence-corrected chi connectivity index (χ0v) is 13.4. The molecule has 1 atom stereocenters. The highest BCUT2D eigenvalue weighted by molar-refractivity contribution is 5.94. The third-order valence-corrected chi connectivity index (χ3v) is 3.78. The van der Waals surface area contributed by atoms with E-state index >= 15 is 0 Å². The van der Waals surface area contributed by atoms with Crippen LogP contribution in [0.15, 0.2) is 41.3 Å². The molecule has 0 aliphatic carbocycles. The first kappa shape index (κ1) is 17.6. The summed E-state index contributed by atoms with van der Waals surface area (Å²) < 4.78 is 5.26. The van der Waals surface area contributed by atoms with Crippen LogP contribution in [0.1, 0.15) is 23.2 Å². The van der Waals surface area contributed by atoms with Gasteiger partial charge in [0.25, 0.3) is 5.91 Å². The zero-order chi connectivity index (χ0) is 17.5. The Bertz CT molecular complexity index is 642. The number of methoxy groups -OCH3 is 1. The van der Waals surface area contributed by atoms with Crippen LogP contribution in [-0.2, 0) is 9.53 Å². The lowest BCUT2D eigenvalue weighted by Gasteiger charge is -2.16. The van der Waals surface area contributed by atoms with Crippen molar-refractivity contribution in [2.75, 3.05) is 25.5 Å². The van der Waals surface area contributed by atoms with Gasteiger partial charge < -0.3 is 20.1 Å². The molecule has 1 heterocycles. The van der Waals surface area contributed by atoms with E-state index in [4.69, 9.17) is 15.4 Å². The summed E-state index contributed by atoms with van der Waals surface area (Å²) in [5, 5.41) is 14.7. The summed E-state index contributed by atoms with van der Waals surface area (Å²) >= 11 is 0. The molecule has 24 heavy (non-hydrogen) atoms. The van der Waals surface area contributed by atoms with Crippen molar-refractivity contribution in [3.8, 4) is 0 Å². The fraction of sp³-hybridized carbons (Fsp3) is 0.375. The van der Waals surface area contributed by atoms with Crippen molar-refractivity contribution < 1.29 is 19.4 Å². The average molecular weight is 332 g/mol. The van der Waals surface area contributed by atoms with Crippen LogP contribution in [0.5, 0.6) is 0 Å². The number of nitrogens with one attached hydrogen (secondary N) is 2. The van der Waals surface area contributed by atoms with Gasteiger partial charge in [-0.25, -0.2) is 5.53 Å². The molecule has 1 aliphatic heterocycles. The monoisotopic (exact) mass is 332 g/mol. The summed E-state index contributed by atoms with van der Waals surface area (Å²) in [5.74, 6) is -1.09. The number of carboxylic acids is 1. The van der Waals surface area contributed by atoms with Gasteiger partial charge in [-0.15, -0.1) is 0 Å². The molecule has 0 aromatic heterocycles. The maximum Gasteiger partial charge on any atom is 0.309 e. The molecule has 1 aliphatic rings. The predicted molar refractivity (Wildman–Crippen MR) is 86.9 cm³/mol. The summed E-state index contributed by atoms with van der Waals surface area (Å²) in [4.78, 5) is 24.8. The summed E-state index contributed by atoms with van der Waals surface area (Å²) in [6.07, 6.45) is 1.97. The molecule has 0 saturated carbocycles. The molecule has 0 spiro atoms. The van der Waals surface area contributed by atoms with Gasteiger partial charge in [0.05, 0.1) is 18.2 Å². The number of nitrogens with zero attached hydrogens (tertiary/aromatic N) is 2. The van der Waals surface area contributed by atoms with Gasteiger partial charge in [-0.05, 0) is 30.7 Å². The van der Waals surface area contributed by atoms with Crippen LogP contribution in [0.3, 0.4) is 0 Å². The summed E-state index contributed by atoms with van der Waals surface area (Å²) in [6, 6.07) is 6.84. The van der Waals surface area contributed by atoms with Crippen LogP contribution in [0, 0.1) is 5.53 Å². The predicted octanol–water partition coefficient (Wildman–Crippen LogP) is 2.31. The number of amides is 1. The Labute approximate surface area is 139 Å². The second kappa shape index (κ2) is 8.21. The number of rotatable bonds is 7. The molecule has 1 fully saturated rings. The Kier molecular flexibility index (Phi) is 6.02. The van der Waals surface area contributed by atoms with E-state index in [1.165, 1.54) is 6.20 Å². The SMILES string of the molecule is CO[C@H]1CCN(C(=O)c2ccc(N/C=C(/CC(=O)O)N=N)cc2)C1. The number of carbonyl (C=O) groups excluding carboxylic acids is 1. The van der Waals surface area contributed by atoms with Crippen molar-refractivity contribution in [1.29, 1.82) is 5.53 Å². The standard InChI is InChI=1S/C16H20N4O4/c1-24-14-6-7-20(10-14)16(23)11-2-4-12(5-3-11)18-9-13(19-17)8-15(21)22/h2-5,9,14,17-18H,6-8,10H2,1H3,(H,21,22)/b13-9-,19-17?/t14-/m0/s1. The van der Waals surface area contributed by atoms with E-state index in [-0.39, 0.29) is 24.1 Å². The number of hydrogen-bond acceptors (Lipinski definition) is 6. The first-order valence-electron chi connectivity index (χ1n) is 7.50.